The van der Waals surface area contributed by atoms with Crippen LogP contribution >= 0.6 is 0 Å². The number of hydrogen-bond donors (Lipinski definition) is 1. The summed E-state index contributed by atoms with van der Waals surface area (Å²) in [4.78, 5) is 2.44. The number of hydrogen-bond acceptors (Lipinski definition) is 4. The average Bonchev–Trinajstić information content (AvgIpc) is 2.64. The van der Waals surface area contributed by atoms with Crippen LogP contribution in [0.5, 0.6) is 5.75 Å². The standard InChI is InChI=1S/C20H23N3O/c21-14-17-8-4-5-9-20(17)24-15-19(16-6-2-1-3-7-16)23-12-10-18(22)11-13-23/h1-9,18-19H,10-13,15,22H2. The molecule has 0 saturated carbocycles. The van der Waals surface area contributed by atoms with Gasteiger partial charge in [-0.1, -0.05) is 42.5 Å². The molecule has 1 aliphatic rings. The first-order valence-corrected chi connectivity index (χ1v) is 8.44. The Balaban J connectivity index is 1.76. The van der Waals surface area contributed by atoms with E-state index in [0.717, 1.165) is 25.9 Å². The van der Waals surface area contributed by atoms with Crippen molar-refractivity contribution in [1.29, 1.82) is 5.26 Å². The first kappa shape index (κ1) is 16.5. The van der Waals surface area contributed by atoms with Crippen molar-refractivity contribution < 1.29 is 4.74 Å². The van der Waals surface area contributed by atoms with Gasteiger partial charge in [0.25, 0.3) is 0 Å². The van der Waals surface area contributed by atoms with Gasteiger partial charge in [-0.25, -0.2) is 0 Å². The van der Waals surface area contributed by atoms with E-state index < -0.39 is 0 Å². The summed E-state index contributed by atoms with van der Waals surface area (Å²) < 4.78 is 6.03. The van der Waals surface area contributed by atoms with E-state index in [1.165, 1.54) is 5.56 Å². The van der Waals surface area contributed by atoms with Crippen LogP contribution in [0.2, 0.25) is 0 Å². The van der Waals surface area contributed by atoms with E-state index >= 15 is 0 Å². The van der Waals surface area contributed by atoms with E-state index in [9.17, 15) is 5.26 Å². The van der Waals surface area contributed by atoms with Gasteiger partial charge < -0.3 is 10.5 Å². The Morgan fingerprint density at radius 1 is 1.08 bits per heavy atom. The minimum Gasteiger partial charge on any atom is -0.490 e. The first-order valence-electron chi connectivity index (χ1n) is 8.44. The van der Waals surface area contributed by atoms with Crippen molar-refractivity contribution in [2.24, 2.45) is 5.73 Å². The highest BCUT2D eigenvalue weighted by molar-refractivity contribution is 5.42. The van der Waals surface area contributed by atoms with Crippen LogP contribution in [0, 0.1) is 11.3 Å². The smallest absolute Gasteiger partial charge is 0.137 e. The zero-order valence-corrected chi connectivity index (χ0v) is 13.8. The second-order valence-corrected chi connectivity index (χ2v) is 6.22. The largest absolute Gasteiger partial charge is 0.490 e. The third-order valence-corrected chi connectivity index (χ3v) is 4.60. The molecule has 0 radical (unpaired) electrons. The predicted molar refractivity (Wildman–Crippen MR) is 94.6 cm³/mol. The maximum absolute atomic E-state index is 9.22. The summed E-state index contributed by atoms with van der Waals surface area (Å²) in [6, 6.07) is 20.5. The summed E-state index contributed by atoms with van der Waals surface area (Å²) in [6.07, 6.45) is 2.02. The van der Waals surface area contributed by atoms with Gasteiger partial charge in [0.2, 0.25) is 0 Å². The van der Waals surface area contributed by atoms with Crippen molar-refractivity contribution in [3.63, 3.8) is 0 Å². The highest BCUT2D eigenvalue weighted by atomic mass is 16.5. The van der Waals surface area contributed by atoms with Crippen molar-refractivity contribution in [3.8, 4) is 11.8 Å². The number of nitrogens with zero attached hydrogens (tertiary/aromatic N) is 2. The Morgan fingerprint density at radius 3 is 2.46 bits per heavy atom. The van der Waals surface area contributed by atoms with Crippen LogP contribution in [-0.2, 0) is 0 Å². The second kappa shape index (κ2) is 7.96. The number of nitrogens with two attached hydrogens (primary N) is 1. The quantitative estimate of drug-likeness (QED) is 0.919. The number of piperidine rings is 1. The third-order valence-electron chi connectivity index (χ3n) is 4.60. The topological polar surface area (TPSA) is 62.3 Å². The molecule has 1 aliphatic heterocycles. The lowest BCUT2D eigenvalue weighted by Gasteiger charge is -2.36. The number of para-hydroxylation sites is 1. The number of nitriles is 1. The fourth-order valence-corrected chi connectivity index (χ4v) is 3.17. The van der Waals surface area contributed by atoms with E-state index in [2.05, 4.69) is 35.2 Å². The van der Waals surface area contributed by atoms with Gasteiger partial charge in [0.15, 0.2) is 0 Å². The van der Waals surface area contributed by atoms with Crippen LogP contribution in [-0.4, -0.2) is 30.6 Å². The van der Waals surface area contributed by atoms with Crippen LogP contribution in [0.4, 0.5) is 0 Å². The van der Waals surface area contributed by atoms with E-state index in [1.54, 1.807) is 6.07 Å². The van der Waals surface area contributed by atoms with Gasteiger partial charge in [0.1, 0.15) is 18.4 Å². The summed E-state index contributed by atoms with van der Waals surface area (Å²) in [7, 11) is 0. The highest BCUT2D eigenvalue weighted by Crippen LogP contribution is 2.26. The predicted octanol–water partition coefficient (Wildman–Crippen LogP) is 3.10. The van der Waals surface area contributed by atoms with Gasteiger partial charge in [-0.05, 0) is 30.5 Å². The summed E-state index contributed by atoms with van der Waals surface area (Å²) in [5.41, 5.74) is 7.86. The van der Waals surface area contributed by atoms with Crippen molar-refractivity contribution in [1.82, 2.24) is 4.90 Å². The minimum absolute atomic E-state index is 0.172. The monoisotopic (exact) mass is 321 g/mol. The molecule has 0 aliphatic carbocycles. The molecule has 124 valence electrons. The normalized spacial score (nSPS) is 17.2. The fourth-order valence-electron chi connectivity index (χ4n) is 3.17. The number of ether oxygens (including phenoxy) is 1. The zero-order valence-electron chi connectivity index (χ0n) is 13.8. The molecule has 2 aromatic carbocycles. The van der Waals surface area contributed by atoms with Crippen molar-refractivity contribution in [3.05, 3.63) is 65.7 Å². The first-order chi connectivity index (χ1) is 11.8. The maximum atomic E-state index is 9.22. The molecular weight excluding hydrogens is 298 g/mol. The fraction of sp³-hybridized carbons (Fsp3) is 0.350. The highest BCUT2D eigenvalue weighted by Gasteiger charge is 2.25. The minimum atomic E-state index is 0.172. The van der Waals surface area contributed by atoms with Gasteiger partial charge in [-0.3, -0.25) is 4.90 Å². The third kappa shape index (κ3) is 3.94. The van der Waals surface area contributed by atoms with E-state index in [0.29, 0.717) is 24.0 Å². The molecule has 1 fully saturated rings. The summed E-state index contributed by atoms with van der Waals surface area (Å²) in [6.45, 7) is 2.48. The van der Waals surface area contributed by atoms with Crippen molar-refractivity contribution >= 4 is 0 Å². The van der Waals surface area contributed by atoms with Crippen LogP contribution < -0.4 is 10.5 Å². The zero-order chi connectivity index (χ0) is 16.8. The molecule has 24 heavy (non-hydrogen) atoms. The average molecular weight is 321 g/mol. The van der Waals surface area contributed by atoms with Crippen LogP contribution in [0.25, 0.3) is 0 Å². The lowest BCUT2D eigenvalue weighted by Crippen LogP contribution is -2.43. The van der Waals surface area contributed by atoms with E-state index in [-0.39, 0.29) is 6.04 Å². The summed E-state index contributed by atoms with van der Waals surface area (Å²) in [5.74, 6) is 0.648. The van der Waals surface area contributed by atoms with Gasteiger partial charge >= 0.3 is 0 Å². The van der Waals surface area contributed by atoms with Crippen molar-refractivity contribution in [2.75, 3.05) is 19.7 Å². The maximum Gasteiger partial charge on any atom is 0.137 e. The molecule has 1 unspecified atom stereocenters. The molecule has 4 nitrogen and oxygen atoms in total. The Bertz CT molecular complexity index is 688. The van der Waals surface area contributed by atoms with Gasteiger partial charge in [0, 0.05) is 19.1 Å². The second-order valence-electron chi connectivity index (χ2n) is 6.22. The number of benzene rings is 2. The Morgan fingerprint density at radius 2 is 1.75 bits per heavy atom. The molecular formula is C20H23N3O. The SMILES string of the molecule is N#Cc1ccccc1OCC(c1ccccc1)N1CCC(N)CC1. The van der Waals surface area contributed by atoms with Crippen molar-refractivity contribution in [2.45, 2.75) is 24.9 Å². The molecule has 3 rings (SSSR count). The van der Waals surface area contributed by atoms with Crippen LogP contribution in [0.1, 0.15) is 30.0 Å². The Hall–Kier alpha value is -2.35. The molecule has 0 amide bonds. The molecule has 1 saturated heterocycles. The Labute approximate surface area is 143 Å². The molecule has 0 bridgehead atoms. The van der Waals surface area contributed by atoms with E-state index in [1.807, 2.05) is 24.3 Å². The van der Waals surface area contributed by atoms with E-state index in [4.69, 9.17) is 10.5 Å². The summed E-state index contributed by atoms with van der Waals surface area (Å²) in [5, 5.41) is 9.22. The number of rotatable bonds is 5. The molecule has 1 atom stereocenters. The summed E-state index contributed by atoms with van der Waals surface area (Å²) >= 11 is 0. The molecule has 0 spiro atoms. The molecule has 0 aromatic heterocycles. The van der Waals surface area contributed by atoms with Crippen LogP contribution in [0.3, 0.4) is 0 Å². The molecule has 2 aromatic rings. The molecule has 4 heteroatoms. The van der Waals surface area contributed by atoms with Gasteiger partial charge in [-0.2, -0.15) is 5.26 Å². The Kier molecular flexibility index (Phi) is 5.47. The lowest BCUT2D eigenvalue weighted by atomic mass is 10.00. The van der Waals surface area contributed by atoms with Gasteiger partial charge in [0.05, 0.1) is 11.6 Å². The number of likely N-dealkylation sites (tertiary alicyclic amines) is 1. The van der Waals surface area contributed by atoms with Crippen LogP contribution in [0.15, 0.2) is 54.6 Å². The van der Waals surface area contributed by atoms with Gasteiger partial charge in [-0.15, -0.1) is 0 Å². The molecule has 2 N–H and O–H groups in total. The lowest BCUT2D eigenvalue weighted by molar-refractivity contribution is 0.108. The molecule has 1 heterocycles.